The molecule has 4 rings (SSSR count). The van der Waals surface area contributed by atoms with E-state index in [0.29, 0.717) is 31.0 Å². The normalized spacial score (nSPS) is 17.6. The number of fused-ring (bicyclic) bond motifs is 1. The molecule has 2 aliphatic heterocycles. The van der Waals surface area contributed by atoms with E-state index in [4.69, 9.17) is 9.47 Å². The molecule has 0 amide bonds. The Morgan fingerprint density at radius 3 is 2.58 bits per heavy atom. The van der Waals surface area contributed by atoms with E-state index >= 15 is 0 Å². The number of hydrogen-bond donors (Lipinski definition) is 0. The molecule has 9 nitrogen and oxygen atoms in total. The number of ether oxygens (including phenoxy) is 2. The van der Waals surface area contributed by atoms with E-state index in [1.165, 1.54) is 6.07 Å². The molecule has 2 heterocycles. The first kappa shape index (κ1) is 27.6. The second kappa shape index (κ2) is 10.4. The van der Waals surface area contributed by atoms with Crippen molar-refractivity contribution < 1.29 is 35.9 Å². The molecule has 0 bridgehead atoms. The largest absolute Gasteiger partial charge is 0.486 e. The summed E-state index contributed by atoms with van der Waals surface area (Å²) in [6, 6.07) is 8.26. The van der Waals surface area contributed by atoms with Crippen molar-refractivity contribution in [2.75, 3.05) is 17.4 Å². The molecule has 0 aliphatic carbocycles. The number of hydrogen-bond acceptors (Lipinski definition) is 8. The van der Waals surface area contributed by atoms with Gasteiger partial charge in [-0.1, -0.05) is 12.1 Å². The molecule has 0 radical (unpaired) electrons. The van der Waals surface area contributed by atoms with Gasteiger partial charge in [0.1, 0.15) is 24.0 Å². The van der Waals surface area contributed by atoms with Gasteiger partial charge in [-0.3, -0.25) is 9.10 Å². The first-order valence-electron chi connectivity index (χ1n) is 11.9. The van der Waals surface area contributed by atoms with Gasteiger partial charge < -0.3 is 9.47 Å². The second-order valence-corrected chi connectivity index (χ2v) is 11.8. The quantitative estimate of drug-likeness (QED) is 0.442. The van der Waals surface area contributed by atoms with Crippen LogP contribution >= 0.6 is 0 Å². The number of carbonyl (C=O) groups is 1. The number of anilines is 1. The average Bonchev–Trinajstić information content (AvgIpc) is 3.34. The van der Waals surface area contributed by atoms with Crippen LogP contribution in [0.15, 0.2) is 62.8 Å². The molecule has 204 valence electrons. The summed E-state index contributed by atoms with van der Waals surface area (Å²) in [5, 5.41) is 11.3. The second-order valence-electron chi connectivity index (χ2n) is 9.96. The summed E-state index contributed by atoms with van der Waals surface area (Å²) in [5.74, 6) is -0.278. The van der Waals surface area contributed by atoms with Crippen LogP contribution in [0, 0.1) is 0 Å². The Balaban J connectivity index is 1.68. The number of nitrogens with zero attached hydrogens (tertiary/aromatic N) is 4. The molecule has 2 aliphatic rings. The number of carbonyl (C=O) groups excluding carboxylic acids is 1. The molecule has 0 saturated carbocycles. The summed E-state index contributed by atoms with van der Waals surface area (Å²) in [7, 11) is -4.43. The van der Waals surface area contributed by atoms with E-state index in [1.54, 1.807) is 32.9 Å². The van der Waals surface area contributed by atoms with Crippen molar-refractivity contribution >= 4 is 27.4 Å². The third-order valence-electron chi connectivity index (χ3n) is 5.73. The Bertz CT molecular complexity index is 1380. The topological polar surface area (TPSA) is 110 Å². The molecule has 2 aromatic carbocycles. The standard InChI is InChI=1S/C25H27F3N4O5S/c1-24(2,3)37-23(33)12-16-7-10-22-21(11-16)32(15-19(36-22)9-8-18-14-29-31-30-18)38(34,35)20-6-4-5-17(13-20)25(26,27)28/h4-7,10-11,13,19H,8-9,12,14-15H2,1-3H3/t19-/m0/s1. The lowest BCUT2D eigenvalue weighted by molar-refractivity contribution is -0.153. The van der Waals surface area contributed by atoms with Crippen molar-refractivity contribution in [1.29, 1.82) is 0 Å². The lowest BCUT2D eigenvalue weighted by Gasteiger charge is -2.36. The van der Waals surface area contributed by atoms with Crippen LogP contribution in [-0.2, 0) is 32.2 Å². The van der Waals surface area contributed by atoms with Gasteiger partial charge in [0.05, 0.1) is 34.8 Å². The fourth-order valence-electron chi connectivity index (χ4n) is 4.05. The van der Waals surface area contributed by atoms with E-state index in [2.05, 4.69) is 15.4 Å². The highest BCUT2D eigenvalue weighted by Gasteiger charge is 2.37. The maximum Gasteiger partial charge on any atom is 0.416 e. The zero-order valence-corrected chi connectivity index (χ0v) is 21.8. The van der Waals surface area contributed by atoms with Crippen molar-refractivity contribution in [3.8, 4) is 5.75 Å². The summed E-state index contributed by atoms with van der Waals surface area (Å²) in [4.78, 5) is 11.9. The number of benzene rings is 2. The lowest BCUT2D eigenvalue weighted by Crippen LogP contribution is -2.43. The van der Waals surface area contributed by atoms with Crippen molar-refractivity contribution in [2.45, 2.75) is 62.8 Å². The van der Waals surface area contributed by atoms with Crippen LogP contribution in [0.5, 0.6) is 5.75 Å². The van der Waals surface area contributed by atoms with Gasteiger partial charge >= 0.3 is 12.1 Å². The van der Waals surface area contributed by atoms with Crippen molar-refractivity contribution in [3.05, 3.63) is 53.6 Å². The van der Waals surface area contributed by atoms with Gasteiger partial charge in [-0.25, -0.2) is 8.42 Å². The number of sulfonamides is 1. The predicted octanol–water partition coefficient (Wildman–Crippen LogP) is 5.15. The molecular weight excluding hydrogens is 525 g/mol. The van der Waals surface area contributed by atoms with E-state index < -0.39 is 44.3 Å². The summed E-state index contributed by atoms with van der Waals surface area (Å²) in [5.41, 5.74) is -0.464. The highest BCUT2D eigenvalue weighted by atomic mass is 32.2. The molecule has 13 heteroatoms. The molecule has 38 heavy (non-hydrogen) atoms. The van der Waals surface area contributed by atoms with Crippen LogP contribution in [0.3, 0.4) is 0 Å². The van der Waals surface area contributed by atoms with Gasteiger partial charge in [0.2, 0.25) is 0 Å². The maximum absolute atomic E-state index is 13.7. The molecule has 0 saturated heterocycles. The zero-order chi connectivity index (χ0) is 27.7. The van der Waals surface area contributed by atoms with E-state index in [9.17, 15) is 26.4 Å². The fourth-order valence-corrected chi connectivity index (χ4v) is 5.59. The number of rotatable bonds is 7. The molecule has 0 fully saturated rings. The minimum Gasteiger partial charge on any atom is -0.486 e. The summed E-state index contributed by atoms with van der Waals surface area (Å²) in [6.07, 6.45) is -4.60. The van der Waals surface area contributed by atoms with Crippen LogP contribution in [0.4, 0.5) is 18.9 Å². The third-order valence-corrected chi connectivity index (χ3v) is 7.51. The Morgan fingerprint density at radius 2 is 1.92 bits per heavy atom. The Morgan fingerprint density at radius 1 is 1.16 bits per heavy atom. The molecule has 0 spiro atoms. The van der Waals surface area contributed by atoms with Crippen LogP contribution < -0.4 is 9.04 Å². The first-order valence-corrected chi connectivity index (χ1v) is 13.3. The highest BCUT2D eigenvalue weighted by Crippen LogP contribution is 2.40. The number of halogens is 3. The third kappa shape index (κ3) is 6.50. The van der Waals surface area contributed by atoms with Crippen LogP contribution in [-0.4, -0.2) is 44.9 Å². The van der Waals surface area contributed by atoms with Gasteiger partial charge in [0.15, 0.2) is 0 Å². The van der Waals surface area contributed by atoms with Gasteiger partial charge in [0, 0.05) is 0 Å². The molecular formula is C25H27F3N4O5S. The van der Waals surface area contributed by atoms with E-state index in [-0.39, 0.29) is 24.4 Å². The van der Waals surface area contributed by atoms with Gasteiger partial charge in [-0.2, -0.15) is 18.3 Å². The van der Waals surface area contributed by atoms with E-state index in [0.717, 1.165) is 28.2 Å². The Kier molecular flexibility index (Phi) is 7.51. The van der Waals surface area contributed by atoms with Crippen molar-refractivity contribution in [1.82, 2.24) is 0 Å². The van der Waals surface area contributed by atoms with Gasteiger partial charge in [0.25, 0.3) is 10.0 Å². The van der Waals surface area contributed by atoms with Crippen LogP contribution in [0.2, 0.25) is 0 Å². The number of alkyl halides is 3. The van der Waals surface area contributed by atoms with Gasteiger partial charge in [-0.15, -0.1) is 5.10 Å². The summed E-state index contributed by atoms with van der Waals surface area (Å²) in [6.45, 7) is 5.39. The fraction of sp³-hybridized carbons (Fsp3) is 0.440. The average molecular weight is 553 g/mol. The zero-order valence-electron chi connectivity index (χ0n) is 21.0. The molecule has 2 aromatic rings. The summed E-state index contributed by atoms with van der Waals surface area (Å²) >= 11 is 0. The SMILES string of the molecule is CC(C)(C)OC(=O)Cc1ccc2c(c1)N(S(=O)(=O)c1cccc(C(F)(F)F)c1)C[C@H](CCC1=NN=NC1)O2. The molecule has 0 aromatic heterocycles. The van der Waals surface area contributed by atoms with E-state index in [1.807, 2.05) is 0 Å². The number of esters is 1. The van der Waals surface area contributed by atoms with Crippen molar-refractivity contribution in [2.24, 2.45) is 15.4 Å². The minimum atomic E-state index is -4.71. The first-order chi connectivity index (χ1) is 17.7. The predicted molar refractivity (Wildman–Crippen MR) is 133 cm³/mol. The Labute approximate surface area is 218 Å². The maximum atomic E-state index is 13.7. The monoisotopic (exact) mass is 552 g/mol. The molecule has 0 N–H and O–H groups in total. The van der Waals surface area contributed by atoms with Crippen molar-refractivity contribution in [3.63, 3.8) is 0 Å². The minimum absolute atomic E-state index is 0.127. The summed E-state index contributed by atoms with van der Waals surface area (Å²) < 4.78 is 79.9. The van der Waals surface area contributed by atoms with Crippen LogP contribution in [0.1, 0.15) is 44.7 Å². The van der Waals surface area contributed by atoms with Gasteiger partial charge in [-0.05, 0) is 74.7 Å². The smallest absolute Gasteiger partial charge is 0.416 e. The van der Waals surface area contributed by atoms with Crippen LogP contribution in [0.25, 0.3) is 0 Å². The lowest BCUT2D eigenvalue weighted by atomic mass is 10.1. The molecule has 1 atom stereocenters. The molecule has 0 unspecified atom stereocenters. The Hall–Kier alpha value is -3.48. The highest BCUT2D eigenvalue weighted by molar-refractivity contribution is 7.92.